The Morgan fingerprint density at radius 2 is 2.00 bits per heavy atom. The van der Waals surface area contributed by atoms with E-state index in [2.05, 4.69) is 4.98 Å². The van der Waals surface area contributed by atoms with Gasteiger partial charge in [0.2, 0.25) is 0 Å². The van der Waals surface area contributed by atoms with Gasteiger partial charge in [-0.05, 0) is 37.1 Å². The first-order valence-corrected chi connectivity index (χ1v) is 5.78. The third-order valence-corrected chi connectivity index (χ3v) is 3.15. The molecule has 4 nitrogen and oxygen atoms in total. The molecule has 0 saturated carbocycles. The zero-order valence-corrected chi connectivity index (χ0v) is 9.37. The van der Waals surface area contributed by atoms with Crippen molar-refractivity contribution in [3.8, 4) is 17.0 Å². The fourth-order valence-electron chi connectivity index (χ4n) is 2.23. The van der Waals surface area contributed by atoms with Crippen molar-refractivity contribution in [3.05, 3.63) is 36.3 Å². The van der Waals surface area contributed by atoms with Gasteiger partial charge in [-0.2, -0.15) is 0 Å². The zero-order chi connectivity index (χ0) is 11.8. The topological polar surface area (TPSA) is 58.3 Å². The summed E-state index contributed by atoms with van der Waals surface area (Å²) in [6, 6.07) is 6.94. The molecule has 4 heteroatoms. The standard InChI is InChI=1S/C13H14N2O2/c16-10-5-3-9(4-6-10)11-8-15-7-1-2-12(17)13(15)14-11/h3-6,8,12,16-17H,1-2,7H2. The molecule has 88 valence electrons. The lowest BCUT2D eigenvalue weighted by Gasteiger charge is -2.18. The van der Waals surface area contributed by atoms with Crippen molar-refractivity contribution in [1.29, 1.82) is 0 Å². The highest BCUT2D eigenvalue weighted by Gasteiger charge is 2.20. The van der Waals surface area contributed by atoms with E-state index in [1.54, 1.807) is 12.1 Å². The summed E-state index contributed by atoms with van der Waals surface area (Å²) in [5.41, 5.74) is 1.80. The number of rotatable bonds is 1. The number of hydrogen-bond acceptors (Lipinski definition) is 3. The molecule has 0 radical (unpaired) electrons. The van der Waals surface area contributed by atoms with E-state index in [0.29, 0.717) is 0 Å². The highest BCUT2D eigenvalue weighted by atomic mass is 16.3. The molecule has 1 aliphatic heterocycles. The lowest BCUT2D eigenvalue weighted by atomic mass is 10.1. The molecule has 1 aromatic heterocycles. The van der Waals surface area contributed by atoms with E-state index in [1.165, 1.54) is 0 Å². The van der Waals surface area contributed by atoms with E-state index in [-0.39, 0.29) is 5.75 Å². The van der Waals surface area contributed by atoms with Crippen LogP contribution < -0.4 is 0 Å². The normalized spacial score (nSPS) is 19.0. The number of aryl methyl sites for hydroxylation is 1. The van der Waals surface area contributed by atoms with Gasteiger partial charge in [0.25, 0.3) is 0 Å². The Morgan fingerprint density at radius 3 is 2.71 bits per heavy atom. The van der Waals surface area contributed by atoms with Crippen molar-refractivity contribution >= 4 is 0 Å². The molecule has 0 saturated heterocycles. The Hall–Kier alpha value is -1.81. The summed E-state index contributed by atoms with van der Waals surface area (Å²) in [5.74, 6) is 0.997. The molecule has 17 heavy (non-hydrogen) atoms. The molecular formula is C13H14N2O2. The molecule has 2 N–H and O–H groups in total. The number of aromatic nitrogens is 2. The third kappa shape index (κ3) is 1.80. The Bertz CT molecular complexity index is 531. The molecule has 3 rings (SSSR count). The zero-order valence-electron chi connectivity index (χ0n) is 9.37. The van der Waals surface area contributed by atoms with Gasteiger partial charge in [0.15, 0.2) is 0 Å². The van der Waals surface area contributed by atoms with Gasteiger partial charge < -0.3 is 14.8 Å². The molecule has 1 unspecified atom stereocenters. The van der Waals surface area contributed by atoms with Gasteiger partial charge in [0.1, 0.15) is 17.7 Å². The van der Waals surface area contributed by atoms with Gasteiger partial charge in [-0.1, -0.05) is 0 Å². The van der Waals surface area contributed by atoms with Crippen LogP contribution in [0.5, 0.6) is 5.75 Å². The highest BCUT2D eigenvalue weighted by molar-refractivity contribution is 5.59. The molecule has 1 aliphatic rings. The van der Waals surface area contributed by atoms with Crippen molar-refractivity contribution < 1.29 is 10.2 Å². The van der Waals surface area contributed by atoms with E-state index >= 15 is 0 Å². The number of hydrogen-bond donors (Lipinski definition) is 2. The van der Waals surface area contributed by atoms with Gasteiger partial charge in [-0.25, -0.2) is 4.98 Å². The molecular weight excluding hydrogens is 216 g/mol. The number of phenolic OH excluding ortho intramolecular Hbond substituents is 1. The van der Waals surface area contributed by atoms with Crippen molar-refractivity contribution in [2.24, 2.45) is 0 Å². The second kappa shape index (κ2) is 3.89. The molecule has 0 bridgehead atoms. The summed E-state index contributed by atoms with van der Waals surface area (Å²) >= 11 is 0. The van der Waals surface area contributed by atoms with Gasteiger partial charge >= 0.3 is 0 Å². The third-order valence-electron chi connectivity index (χ3n) is 3.15. The number of fused-ring (bicyclic) bond motifs is 1. The molecule has 0 amide bonds. The van der Waals surface area contributed by atoms with Crippen LogP contribution in [-0.2, 0) is 6.54 Å². The largest absolute Gasteiger partial charge is 0.508 e. The minimum absolute atomic E-state index is 0.248. The van der Waals surface area contributed by atoms with E-state index in [1.807, 2.05) is 22.9 Å². The molecule has 1 atom stereocenters. The Kier molecular flexibility index (Phi) is 2.37. The quantitative estimate of drug-likeness (QED) is 0.788. The lowest BCUT2D eigenvalue weighted by Crippen LogP contribution is -2.14. The van der Waals surface area contributed by atoms with Crippen molar-refractivity contribution in [1.82, 2.24) is 9.55 Å². The van der Waals surface area contributed by atoms with Crippen molar-refractivity contribution in [2.75, 3.05) is 0 Å². The van der Waals surface area contributed by atoms with Gasteiger partial charge in [0.05, 0.1) is 5.69 Å². The van der Waals surface area contributed by atoms with E-state index in [9.17, 15) is 10.2 Å². The van der Waals surface area contributed by atoms with Crippen LogP contribution in [0.25, 0.3) is 11.3 Å². The predicted molar refractivity (Wildman–Crippen MR) is 63.5 cm³/mol. The minimum Gasteiger partial charge on any atom is -0.508 e. The monoisotopic (exact) mass is 230 g/mol. The van der Waals surface area contributed by atoms with E-state index in [0.717, 1.165) is 36.5 Å². The predicted octanol–water partition coefficient (Wildman–Crippen LogP) is 2.08. The minimum atomic E-state index is -0.449. The number of nitrogens with zero attached hydrogens (tertiary/aromatic N) is 2. The molecule has 2 aromatic rings. The fraction of sp³-hybridized carbons (Fsp3) is 0.308. The van der Waals surface area contributed by atoms with E-state index in [4.69, 9.17) is 0 Å². The fourth-order valence-corrected chi connectivity index (χ4v) is 2.23. The number of aliphatic hydroxyl groups is 1. The smallest absolute Gasteiger partial charge is 0.138 e. The second-order valence-electron chi connectivity index (χ2n) is 4.38. The summed E-state index contributed by atoms with van der Waals surface area (Å²) in [6.45, 7) is 0.914. The Labute approximate surface area is 99.2 Å². The van der Waals surface area contributed by atoms with Crippen LogP contribution in [0, 0.1) is 0 Å². The Morgan fingerprint density at radius 1 is 1.24 bits per heavy atom. The number of aromatic hydroxyl groups is 1. The van der Waals surface area contributed by atoms with Gasteiger partial charge in [0, 0.05) is 18.3 Å². The van der Waals surface area contributed by atoms with Crippen LogP contribution in [0.4, 0.5) is 0 Å². The van der Waals surface area contributed by atoms with Crippen LogP contribution in [0.3, 0.4) is 0 Å². The first-order valence-electron chi connectivity index (χ1n) is 5.78. The maximum atomic E-state index is 9.84. The average Bonchev–Trinajstić information content (AvgIpc) is 2.75. The number of benzene rings is 1. The van der Waals surface area contributed by atoms with Crippen molar-refractivity contribution in [3.63, 3.8) is 0 Å². The van der Waals surface area contributed by atoms with E-state index < -0.39 is 6.10 Å². The lowest BCUT2D eigenvalue weighted by molar-refractivity contribution is 0.134. The van der Waals surface area contributed by atoms with Gasteiger partial charge in [-0.15, -0.1) is 0 Å². The number of imidazole rings is 1. The second-order valence-corrected chi connectivity index (χ2v) is 4.38. The molecule has 1 aromatic carbocycles. The molecule has 2 heterocycles. The Balaban J connectivity index is 2.02. The number of phenols is 1. The maximum Gasteiger partial charge on any atom is 0.138 e. The highest BCUT2D eigenvalue weighted by Crippen LogP contribution is 2.28. The molecule has 0 aliphatic carbocycles. The molecule has 0 spiro atoms. The first kappa shape index (κ1) is 10.4. The molecule has 0 fully saturated rings. The summed E-state index contributed by atoms with van der Waals surface area (Å²) in [6.07, 6.45) is 3.28. The van der Waals surface area contributed by atoms with Crippen LogP contribution >= 0.6 is 0 Å². The van der Waals surface area contributed by atoms with Crippen LogP contribution in [0.1, 0.15) is 24.8 Å². The summed E-state index contributed by atoms with van der Waals surface area (Å²) < 4.78 is 2.01. The average molecular weight is 230 g/mol. The van der Waals surface area contributed by atoms with Crippen LogP contribution in [-0.4, -0.2) is 19.8 Å². The maximum absolute atomic E-state index is 9.84. The number of aliphatic hydroxyl groups excluding tert-OH is 1. The summed E-state index contributed by atoms with van der Waals surface area (Å²) in [4.78, 5) is 4.46. The summed E-state index contributed by atoms with van der Waals surface area (Å²) in [5, 5.41) is 19.1. The van der Waals surface area contributed by atoms with Crippen LogP contribution in [0.2, 0.25) is 0 Å². The van der Waals surface area contributed by atoms with Gasteiger partial charge in [-0.3, -0.25) is 0 Å². The first-order chi connectivity index (χ1) is 8.24. The van der Waals surface area contributed by atoms with Crippen molar-refractivity contribution in [2.45, 2.75) is 25.5 Å². The SMILES string of the molecule is Oc1ccc(-c2cn3c(n2)C(O)CCC3)cc1. The van der Waals surface area contributed by atoms with Crippen LogP contribution in [0.15, 0.2) is 30.5 Å². The summed E-state index contributed by atoms with van der Waals surface area (Å²) in [7, 11) is 0.